The first kappa shape index (κ1) is 14.2. The summed E-state index contributed by atoms with van der Waals surface area (Å²) in [6, 6.07) is 1.68. The van der Waals surface area contributed by atoms with Crippen LogP contribution < -0.4 is 0 Å². The van der Waals surface area contributed by atoms with Crippen LogP contribution in [-0.4, -0.2) is 32.6 Å². The molecule has 1 saturated heterocycles. The Balaban J connectivity index is 1.39. The van der Waals surface area contributed by atoms with Gasteiger partial charge in [-0.2, -0.15) is 4.98 Å². The first-order chi connectivity index (χ1) is 11.8. The van der Waals surface area contributed by atoms with Gasteiger partial charge in [0.2, 0.25) is 5.89 Å². The number of carbonyl (C=O) groups is 1. The fourth-order valence-corrected chi connectivity index (χ4v) is 3.42. The second kappa shape index (κ2) is 5.43. The number of carbonyl (C=O) groups excluding carboxylic acids is 1. The maximum atomic E-state index is 12.9. The number of hydrogen-bond donors (Lipinski definition) is 0. The first-order valence-electron chi connectivity index (χ1n) is 8.90. The Morgan fingerprint density at radius 3 is 2.67 bits per heavy atom. The SMILES string of the molecule is O=C(c1cc(C2CC2)on1)N1CCCCC1c1noc(C2CC2)n1. The van der Waals surface area contributed by atoms with Crippen molar-refractivity contribution in [1.29, 1.82) is 0 Å². The molecule has 2 aromatic heterocycles. The van der Waals surface area contributed by atoms with E-state index in [0.29, 0.717) is 29.9 Å². The molecule has 0 N–H and O–H groups in total. The summed E-state index contributed by atoms with van der Waals surface area (Å²) >= 11 is 0. The van der Waals surface area contributed by atoms with E-state index in [2.05, 4.69) is 15.3 Å². The van der Waals surface area contributed by atoms with E-state index in [0.717, 1.165) is 56.6 Å². The van der Waals surface area contributed by atoms with Crippen molar-refractivity contribution in [3.8, 4) is 0 Å². The molecular weight excluding hydrogens is 308 g/mol. The zero-order chi connectivity index (χ0) is 16.1. The summed E-state index contributed by atoms with van der Waals surface area (Å²) < 4.78 is 10.7. The summed E-state index contributed by atoms with van der Waals surface area (Å²) in [5, 5.41) is 8.14. The Morgan fingerprint density at radius 1 is 1.04 bits per heavy atom. The van der Waals surface area contributed by atoms with Gasteiger partial charge in [0, 0.05) is 24.4 Å². The van der Waals surface area contributed by atoms with Crippen molar-refractivity contribution in [2.24, 2.45) is 0 Å². The quantitative estimate of drug-likeness (QED) is 0.857. The number of piperidine rings is 1. The maximum absolute atomic E-state index is 12.9. The highest BCUT2D eigenvalue weighted by molar-refractivity contribution is 5.92. The minimum absolute atomic E-state index is 0.0897. The Kier molecular flexibility index (Phi) is 3.21. The van der Waals surface area contributed by atoms with E-state index in [1.807, 2.05) is 4.90 Å². The summed E-state index contributed by atoms with van der Waals surface area (Å²) in [5.41, 5.74) is 0.398. The number of rotatable bonds is 4. The average Bonchev–Trinajstić information content (AvgIpc) is 3.55. The van der Waals surface area contributed by atoms with Gasteiger partial charge < -0.3 is 13.9 Å². The van der Waals surface area contributed by atoms with E-state index < -0.39 is 0 Å². The van der Waals surface area contributed by atoms with Crippen LogP contribution in [-0.2, 0) is 0 Å². The van der Waals surface area contributed by atoms with Gasteiger partial charge in [0.25, 0.3) is 5.91 Å². The molecule has 3 heterocycles. The molecule has 0 radical (unpaired) electrons. The van der Waals surface area contributed by atoms with Crippen molar-refractivity contribution in [1.82, 2.24) is 20.2 Å². The Labute approximate surface area is 139 Å². The van der Waals surface area contributed by atoms with Crippen LogP contribution in [0.1, 0.15) is 90.8 Å². The Hall–Kier alpha value is -2.18. The standard InChI is InChI=1S/C17H20N4O3/c22-17(12-9-14(23-19-12)10-4-5-10)21-8-2-1-3-13(21)15-18-16(24-20-15)11-6-7-11/h9-11,13H,1-8H2. The molecule has 5 rings (SSSR count). The number of nitrogens with zero attached hydrogens (tertiary/aromatic N) is 4. The zero-order valence-corrected chi connectivity index (χ0v) is 13.5. The smallest absolute Gasteiger partial charge is 0.276 e. The van der Waals surface area contributed by atoms with E-state index in [4.69, 9.17) is 9.05 Å². The lowest BCUT2D eigenvalue weighted by Gasteiger charge is -2.33. The highest BCUT2D eigenvalue weighted by Gasteiger charge is 2.36. The van der Waals surface area contributed by atoms with Gasteiger partial charge in [-0.1, -0.05) is 10.3 Å². The molecule has 0 bridgehead atoms. The lowest BCUT2D eigenvalue weighted by atomic mass is 10.0. The van der Waals surface area contributed by atoms with E-state index in [9.17, 15) is 4.79 Å². The summed E-state index contributed by atoms with van der Waals surface area (Å²) in [5.74, 6) is 2.98. The number of hydrogen-bond acceptors (Lipinski definition) is 6. The van der Waals surface area contributed by atoms with Crippen LogP contribution in [0.4, 0.5) is 0 Å². The topological polar surface area (TPSA) is 85.3 Å². The van der Waals surface area contributed by atoms with Gasteiger partial charge in [-0.15, -0.1) is 0 Å². The number of likely N-dealkylation sites (tertiary alicyclic amines) is 1. The molecule has 3 aliphatic rings. The highest BCUT2D eigenvalue weighted by atomic mass is 16.5. The molecule has 7 nitrogen and oxygen atoms in total. The molecule has 1 atom stereocenters. The highest BCUT2D eigenvalue weighted by Crippen LogP contribution is 2.41. The van der Waals surface area contributed by atoms with Crippen molar-refractivity contribution in [2.45, 2.75) is 62.8 Å². The Morgan fingerprint density at radius 2 is 1.88 bits per heavy atom. The largest absolute Gasteiger partial charge is 0.360 e. The summed E-state index contributed by atoms with van der Waals surface area (Å²) in [6.07, 6.45) is 7.42. The fraction of sp³-hybridized carbons (Fsp3) is 0.647. The third kappa shape index (κ3) is 2.52. The third-order valence-electron chi connectivity index (χ3n) is 5.17. The van der Waals surface area contributed by atoms with Gasteiger partial charge in [0.15, 0.2) is 11.5 Å². The molecule has 2 aliphatic carbocycles. The third-order valence-corrected chi connectivity index (χ3v) is 5.17. The molecule has 1 aliphatic heterocycles. The van der Waals surface area contributed by atoms with Crippen LogP contribution >= 0.6 is 0 Å². The first-order valence-corrected chi connectivity index (χ1v) is 8.90. The normalized spacial score (nSPS) is 24.3. The van der Waals surface area contributed by atoms with Gasteiger partial charge in [-0.05, 0) is 44.9 Å². The van der Waals surface area contributed by atoms with Gasteiger partial charge in [0.05, 0.1) is 6.04 Å². The minimum atomic E-state index is -0.122. The lowest BCUT2D eigenvalue weighted by molar-refractivity contribution is 0.0586. The minimum Gasteiger partial charge on any atom is -0.360 e. The molecule has 7 heteroatoms. The van der Waals surface area contributed by atoms with Crippen LogP contribution in [0.2, 0.25) is 0 Å². The molecule has 0 spiro atoms. The maximum Gasteiger partial charge on any atom is 0.276 e. The van der Waals surface area contributed by atoms with Crippen molar-refractivity contribution in [2.75, 3.05) is 6.54 Å². The van der Waals surface area contributed by atoms with Crippen molar-refractivity contribution in [3.63, 3.8) is 0 Å². The van der Waals surface area contributed by atoms with E-state index in [1.165, 1.54) is 0 Å². The fourth-order valence-electron chi connectivity index (χ4n) is 3.42. The number of amides is 1. The van der Waals surface area contributed by atoms with Crippen LogP contribution in [0.25, 0.3) is 0 Å². The van der Waals surface area contributed by atoms with E-state index in [1.54, 1.807) is 6.07 Å². The monoisotopic (exact) mass is 328 g/mol. The van der Waals surface area contributed by atoms with Crippen LogP contribution in [0.15, 0.2) is 15.1 Å². The molecule has 126 valence electrons. The molecule has 3 fully saturated rings. The van der Waals surface area contributed by atoms with Crippen molar-refractivity contribution < 1.29 is 13.8 Å². The molecule has 1 unspecified atom stereocenters. The lowest BCUT2D eigenvalue weighted by Crippen LogP contribution is -2.39. The van der Waals surface area contributed by atoms with E-state index in [-0.39, 0.29) is 11.9 Å². The molecule has 0 aromatic carbocycles. The van der Waals surface area contributed by atoms with Crippen LogP contribution in [0, 0.1) is 0 Å². The second-order valence-corrected chi connectivity index (χ2v) is 7.16. The van der Waals surface area contributed by atoms with Crippen LogP contribution in [0.3, 0.4) is 0 Å². The summed E-state index contributed by atoms with van der Waals surface area (Å²) in [6.45, 7) is 0.697. The summed E-state index contributed by atoms with van der Waals surface area (Å²) in [4.78, 5) is 19.3. The predicted molar refractivity (Wildman–Crippen MR) is 82.4 cm³/mol. The molecule has 2 aromatic rings. The van der Waals surface area contributed by atoms with Gasteiger partial charge in [-0.3, -0.25) is 4.79 Å². The summed E-state index contributed by atoms with van der Waals surface area (Å²) in [7, 11) is 0. The average molecular weight is 328 g/mol. The van der Waals surface area contributed by atoms with Gasteiger partial charge in [-0.25, -0.2) is 0 Å². The zero-order valence-electron chi connectivity index (χ0n) is 13.5. The van der Waals surface area contributed by atoms with Gasteiger partial charge >= 0.3 is 0 Å². The van der Waals surface area contributed by atoms with Crippen LogP contribution in [0.5, 0.6) is 0 Å². The molecule has 1 amide bonds. The second-order valence-electron chi connectivity index (χ2n) is 7.16. The van der Waals surface area contributed by atoms with Crippen molar-refractivity contribution in [3.05, 3.63) is 29.2 Å². The van der Waals surface area contributed by atoms with Crippen molar-refractivity contribution >= 4 is 5.91 Å². The molecule has 24 heavy (non-hydrogen) atoms. The predicted octanol–water partition coefficient (Wildman–Crippen LogP) is 3.18. The molecular formula is C17H20N4O3. The van der Waals surface area contributed by atoms with Gasteiger partial charge in [0.1, 0.15) is 5.76 Å². The Bertz CT molecular complexity index is 759. The van der Waals surface area contributed by atoms with E-state index >= 15 is 0 Å². The molecule has 2 saturated carbocycles. The number of aromatic nitrogens is 3.